The van der Waals surface area contributed by atoms with E-state index in [-0.39, 0.29) is 24.6 Å². The molecule has 9 nitrogen and oxygen atoms in total. The topological polar surface area (TPSA) is 118 Å². The average Bonchev–Trinajstić information content (AvgIpc) is 3.21. The van der Waals surface area contributed by atoms with Gasteiger partial charge in [0.25, 0.3) is 5.91 Å². The van der Waals surface area contributed by atoms with Crippen LogP contribution in [0.1, 0.15) is 15.9 Å². The van der Waals surface area contributed by atoms with Crippen LogP contribution in [0, 0.1) is 0 Å². The minimum Gasteiger partial charge on any atom is -0.496 e. The molecule has 0 saturated heterocycles. The van der Waals surface area contributed by atoms with Crippen LogP contribution >= 0.6 is 0 Å². The highest BCUT2D eigenvalue weighted by Gasteiger charge is 2.18. The van der Waals surface area contributed by atoms with Gasteiger partial charge >= 0.3 is 0 Å². The number of hydrogen-bond acceptors (Lipinski definition) is 6. The highest BCUT2D eigenvalue weighted by molar-refractivity contribution is 5.98. The van der Waals surface area contributed by atoms with Crippen molar-refractivity contribution in [2.45, 2.75) is 13.1 Å². The van der Waals surface area contributed by atoms with Crippen molar-refractivity contribution in [1.29, 1.82) is 0 Å². The van der Waals surface area contributed by atoms with Gasteiger partial charge < -0.3 is 25.3 Å². The van der Waals surface area contributed by atoms with E-state index in [1.54, 1.807) is 19.2 Å². The number of carbonyl (C=O) groups is 2. The Kier molecular flexibility index (Phi) is 6.76. The second kappa shape index (κ2) is 9.66. The number of benzene rings is 2. The number of nitrogens with one attached hydrogen (secondary N) is 1. The van der Waals surface area contributed by atoms with Crippen molar-refractivity contribution >= 4 is 11.8 Å². The predicted octanol–water partition coefficient (Wildman–Crippen LogP) is 1.99. The van der Waals surface area contributed by atoms with Crippen molar-refractivity contribution in [2.24, 2.45) is 5.73 Å². The maximum atomic E-state index is 12.5. The van der Waals surface area contributed by atoms with Gasteiger partial charge in [0.1, 0.15) is 29.5 Å². The fourth-order valence-corrected chi connectivity index (χ4v) is 3.13. The zero-order valence-electron chi connectivity index (χ0n) is 17.5. The lowest BCUT2D eigenvalue weighted by Gasteiger charge is -2.15. The quantitative estimate of drug-likeness (QED) is 0.542. The Morgan fingerprint density at radius 2 is 1.68 bits per heavy atom. The molecule has 162 valence electrons. The van der Waals surface area contributed by atoms with Crippen molar-refractivity contribution in [3.05, 3.63) is 59.8 Å². The molecule has 0 aliphatic rings. The Hall–Kier alpha value is -4.01. The van der Waals surface area contributed by atoms with E-state index in [1.165, 1.54) is 25.1 Å². The molecule has 0 saturated carbocycles. The summed E-state index contributed by atoms with van der Waals surface area (Å²) in [6.07, 6.45) is 1.47. The standard InChI is InChI=1S/C22H24N4O5/c1-29-15-9-18(30-2)16(19(10-15)31-3)11-24-20(27)13-26-12-17(22(23)28)21(25-26)14-7-5-4-6-8-14/h4-10,12H,11,13H2,1-3H3,(H2,23,28)(H,24,27). The van der Waals surface area contributed by atoms with Crippen molar-refractivity contribution in [2.75, 3.05) is 21.3 Å². The van der Waals surface area contributed by atoms with Gasteiger partial charge in [-0.15, -0.1) is 0 Å². The lowest BCUT2D eigenvalue weighted by Crippen LogP contribution is -2.27. The van der Waals surface area contributed by atoms with Gasteiger partial charge in [-0.2, -0.15) is 5.10 Å². The van der Waals surface area contributed by atoms with Gasteiger partial charge in [-0.25, -0.2) is 0 Å². The third-order valence-corrected chi connectivity index (χ3v) is 4.66. The van der Waals surface area contributed by atoms with Crippen LogP contribution in [0.4, 0.5) is 0 Å². The number of hydrogen-bond donors (Lipinski definition) is 2. The van der Waals surface area contributed by atoms with E-state index in [4.69, 9.17) is 19.9 Å². The summed E-state index contributed by atoms with van der Waals surface area (Å²) in [6, 6.07) is 12.6. The highest BCUT2D eigenvalue weighted by Crippen LogP contribution is 2.33. The molecule has 0 spiro atoms. The molecule has 0 bridgehead atoms. The summed E-state index contributed by atoms with van der Waals surface area (Å²) in [7, 11) is 4.60. The Labute approximate surface area is 179 Å². The van der Waals surface area contributed by atoms with Gasteiger partial charge in [0.15, 0.2) is 0 Å². The summed E-state index contributed by atoms with van der Waals surface area (Å²) in [4.78, 5) is 24.4. The van der Waals surface area contributed by atoms with E-state index in [0.29, 0.717) is 28.5 Å². The summed E-state index contributed by atoms with van der Waals surface area (Å²) >= 11 is 0. The van der Waals surface area contributed by atoms with Crippen LogP contribution in [-0.4, -0.2) is 42.9 Å². The van der Waals surface area contributed by atoms with Crippen LogP contribution in [-0.2, 0) is 17.9 Å². The molecule has 0 atom stereocenters. The Morgan fingerprint density at radius 3 is 2.23 bits per heavy atom. The maximum absolute atomic E-state index is 12.5. The third kappa shape index (κ3) is 4.95. The van der Waals surface area contributed by atoms with E-state index in [9.17, 15) is 9.59 Å². The van der Waals surface area contributed by atoms with Crippen molar-refractivity contribution in [3.8, 4) is 28.5 Å². The lowest BCUT2D eigenvalue weighted by atomic mass is 10.1. The second-order valence-electron chi connectivity index (χ2n) is 6.61. The summed E-state index contributed by atoms with van der Waals surface area (Å²) in [6.45, 7) is 0.0819. The lowest BCUT2D eigenvalue weighted by molar-refractivity contribution is -0.122. The van der Waals surface area contributed by atoms with E-state index in [0.717, 1.165) is 5.56 Å². The first-order valence-electron chi connectivity index (χ1n) is 9.45. The molecule has 0 fully saturated rings. The van der Waals surface area contributed by atoms with Crippen LogP contribution in [0.15, 0.2) is 48.7 Å². The number of carbonyl (C=O) groups excluding carboxylic acids is 2. The van der Waals surface area contributed by atoms with E-state index >= 15 is 0 Å². The number of aromatic nitrogens is 2. The number of nitrogens with zero attached hydrogens (tertiary/aromatic N) is 2. The Balaban J connectivity index is 1.76. The number of primary amides is 1. The Bertz CT molecular complexity index is 1050. The molecule has 0 unspecified atom stereocenters. The summed E-state index contributed by atoms with van der Waals surface area (Å²) in [5.74, 6) is 0.708. The minimum absolute atomic E-state index is 0.0894. The van der Waals surface area contributed by atoms with Crippen LogP contribution in [0.25, 0.3) is 11.3 Å². The fourth-order valence-electron chi connectivity index (χ4n) is 3.13. The summed E-state index contributed by atoms with van der Waals surface area (Å²) in [5.41, 5.74) is 7.57. The summed E-state index contributed by atoms with van der Waals surface area (Å²) in [5, 5.41) is 7.19. The van der Waals surface area contributed by atoms with Gasteiger partial charge in [-0.3, -0.25) is 14.3 Å². The normalized spacial score (nSPS) is 10.4. The summed E-state index contributed by atoms with van der Waals surface area (Å²) < 4.78 is 17.4. The average molecular weight is 424 g/mol. The van der Waals surface area contributed by atoms with Crippen LogP contribution in [0.5, 0.6) is 17.2 Å². The van der Waals surface area contributed by atoms with Crippen molar-refractivity contribution in [1.82, 2.24) is 15.1 Å². The first-order chi connectivity index (χ1) is 15.0. The molecular weight excluding hydrogens is 400 g/mol. The highest BCUT2D eigenvalue weighted by atomic mass is 16.5. The number of methoxy groups -OCH3 is 3. The van der Waals surface area contributed by atoms with Gasteiger partial charge in [-0.1, -0.05) is 30.3 Å². The molecule has 9 heteroatoms. The molecule has 3 N–H and O–H groups in total. The number of rotatable bonds is 9. The first kappa shape index (κ1) is 21.7. The van der Waals surface area contributed by atoms with E-state index in [1.807, 2.05) is 30.3 Å². The number of ether oxygens (including phenoxy) is 3. The van der Waals surface area contributed by atoms with Crippen LogP contribution in [0.2, 0.25) is 0 Å². The largest absolute Gasteiger partial charge is 0.496 e. The van der Waals surface area contributed by atoms with Crippen molar-refractivity contribution < 1.29 is 23.8 Å². The molecule has 3 aromatic rings. The van der Waals surface area contributed by atoms with Crippen LogP contribution < -0.4 is 25.3 Å². The van der Waals surface area contributed by atoms with Gasteiger partial charge in [-0.05, 0) is 0 Å². The monoisotopic (exact) mass is 424 g/mol. The van der Waals surface area contributed by atoms with E-state index in [2.05, 4.69) is 10.4 Å². The predicted molar refractivity (Wildman–Crippen MR) is 114 cm³/mol. The molecule has 1 heterocycles. The molecule has 0 aliphatic heterocycles. The first-order valence-corrected chi connectivity index (χ1v) is 9.45. The minimum atomic E-state index is -0.613. The fraction of sp³-hybridized carbons (Fsp3) is 0.227. The smallest absolute Gasteiger partial charge is 0.252 e. The van der Waals surface area contributed by atoms with Gasteiger partial charge in [0, 0.05) is 23.9 Å². The zero-order chi connectivity index (χ0) is 22.4. The van der Waals surface area contributed by atoms with E-state index < -0.39 is 5.91 Å². The SMILES string of the molecule is COc1cc(OC)c(CNC(=O)Cn2cc(C(N)=O)c(-c3ccccc3)n2)c(OC)c1. The van der Waals surface area contributed by atoms with Crippen LogP contribution in [0.3, 0.4) is 0 Å². The molecule has 0 aliphatic carbocycles. The van der Waals surface area contributed by atoms with Crippen molar-refractivity contribution in [3.63, 3.8) is 0 Å². The molecular formula is C22H24N4O5. The molecule has 1 aromatic heterocycles. The zero-order valence-corrected chi connectivity index (χ0v) is 17.5. The second-order valence-corrected chi connectivity index (χ2v) is 6.61. The third-order valence-electron chi connectivity index (χ3n) is 4.66. The van der Waals surface area contributed by atoms with Gasteiger partial charge in [0.05, 0.1) is 39.0 Å². The number of nitrogens with two attached hydrogens (primary N) is 1. The Morgan fingerprint density at radius 1 is 1.03 bits per heavy atom. The number of amides is 2. The molecule has 2 aromatic carbocycles. The maximum Gasteiger partial charge on any atom is 0.252 e. The molecule has 31 heavy (non-hydrogen) atoms. The molecule has 0 radical (unpaired) electrons. The van der Waals surface area contributed by atoms with Gasteiger partial charge in [0.2, 0.25) is 5.91 Å². The molecule has 2 amide bonds. The molecule has 3 rings (SSSR count).